The number of fused-ring (bicyclic) bond motifs is 3. The molecule has 4 heterocycles. The standard InChI is InChI=1S/C30H32N4O3/c1-19-26(11-7-21-13-14-37-28(19)21)30(36)33-23-15-24-9-10-25(16-23)34(24)27-12-8-22(18-31-27)29(35)32-17-20-5-3-2-4-6-20/h2-8,11-12,18,23-25H,9-10,13-17H2,1H3,(H,32,35)(H,33,36)/t23-,24+,25-. The largest absolute Gasteiger partial charge is 0.493 e. The van der Waals surface area contributed by atoms with E-state index in [4.69, 9.17) is 4.74 Å². The van der Waals surface area contributed by atoms with Gasteiger partial charge in [-0.1, -0.05) is 36.4 Å². The fourth-order valence-electron chi connectivity index (χ4n) is 6.14. The lowest BCUT2D eigenvalue weighted by molar-refractivity contribution is 0.0923. The molecular formula is C30H32N4O3. The number of benzene rings is 2. The predicted molar refractivity (Wildman–Crippen MR) is 142 cm³/mol. The summed E-state index contributed by atoms with van der Waals surface area (Å²) in [5.41, 5.74) is 4.45. The van der Waals surface area contributed by atoms with E-state index in [9.17, 15) is 9.59 Å². The molecule has 2 amide bonds. The summed E-state index contributed by atoms with van der Waals surface area (Å²) >= 11 is 0. The molecule has 0 spiro atoms. The van der Waals surface area contributed by atoms with E-state index in [0.717, 1.165) is 54.8 Å². The van der Waals surface area contributed by atoms with Crippen LogP contribution in [-0.2, 0) is 13.0 Å². The average molecular weight is 497 g/mol. The SMILES string of the molecule is Cc1c(C(=O)N[C@H]2C[C@H]3CC[C@@H](C2)N3c2ccc(C(=O)NCc3ccccc3)cn2)ccc2c1OCC2. The van der Waals surface area contributed by atoms with Crippen molar-refractivity contribution in [2.24, 2.45) is 0 Å². The van der Waals surface area contributed by atoms with Crippen LogP contribution in [-0.4, -0.2) is 41.5 Å². The minimum atomic E-state index is -0.125. The van der Waals surface area contributed by atoms with Crippen LogP contribution in [0, 0.1) is 6.92 Å². The number of carbonyl (C=O) groups excluding carboxylic acids is 2. The molecule has 7 nitrogen and oxygen atoms in total. The summed E-state index contributed by atoms with van der Waals surface area (Å²) in [5, 5.41) is 6.26. The number of amides is 2. The summed E-state index contributed by atoms with van der Waals surface area (Å²) in [5.74, 6) is 1.64. The van der Waals surface area contributed by atoms with Gasteiger partial charge in [0.25, 0.3) is 11.8 Å². The predicted octanol–water partition coefficient (Wildman–Crippen LogP) is 4.18. The number of nitrogens with one attached hydrogen (secondary N) is 2. The Labute approximate surface area is 217 Å². The zero-order chi connectivity index (χ0) is 25.4. The molecule has 2 saturated heterocycles. The highest BCUT2D eigenvalue weighted by Crippen LogP contribution is 2.39. The molecule has 0 radical (unpaired) electrons. The van der Waals surface area contributed by atoms with Crippen LogP contribution in [0.4, 0.5) is 5.82 Å². The molecule has 2 aromatic carbocycles. The molecule has 3 aliphatic rings. The summed E-state index contributed by atoms with van der Waals surface area (Å²) < 4.78 is 5.76. The van der Waals surface area contributed by atoms with Crippen LogP contribution in [0.1, 0.15) is 63.1 Å². The third kappa shape index (κ3) is 4.66. The number of piperidine rings is 1. The van der Waals surface area contributed by atoms with Crippen LogP contribution >= 0.6 is 0 Å². The van der Waals surface area contributed by atoms with E-state index >= 15 is 0 Å². The van der Waals surface area contributed by atoms with Gasteiger partial charge in [0.2, 0.25) is 0 Å². The third-order valence-corrected chi connectivity index (χ3v) is 7.99. The molecule has 0 aliphatic carbocycles. The first-order chi connectivity index (χ1) is 18.1. The van der Waals surface area contributed by atoms with Gasteiger partial charge in [-0.2, -0.15) is 0 Å². The average Bonchev–Trinajstić information content (AvgIpc) is 3.51. The number of pyridine rings is 1. The Bertz CT molecular complexity index is 1290. The Balaban J connectivity index is 1.08. The monoisotopic (exact) mass is 496 g/mol. The lowest BCUT2D eigenvalue weighted by Crippen LogP contribution is -2.50. The maximum atomic E-state index is 13.1. The van der Waals surface area contributed by atoms with E-state index in [1.807, 2.05) is 61.5 Å². The number of hydrogen-bond donors (Lipinski definition) is 2. The Hall–Kier alpha value is -3.87. The van der Waals surface area contributed by atoms with Gasteiger partial charge in [-0.15, -0.1) is 0 Å². The van der Waals surface area contributed by atoms with Gasteiger partial charge in [0, 0.05) is 48.4 Å². The van der Waals surface area contributed by atoms with E-state index in [2.05, 4.69) is 20.5 Å². The Morgan fingerprint density at radius 1 is 1.00 bits per heavy atom. The van der Waals surface area contributed by atoms with Crippen molar-refractivity contribution in [1.82, 2.24) is 15.6 Å². The second-order valence-electron chi connectivity index (χ2n) is 10.3. The fraction of sp³-hybridized carbons (Fsp3) is 0.367. The summed E-state index contributed by atoms with van der Waals surface area (Å²) in [4.78, 5) is 32.8. The normalized spacial score (nSPS) is 21.8. The number of rotatable bonds is 6. The van der Waals surface area contributed by atoms with Crippen LogP contribution in [0.15, 0.2) is 60.8 Å². The van der Waals surface area contributed by atoms with Crippen LogP contribution in [0.2, 0.25) is 0 Å². The molecule has 2 N–H and O–H groups in total. The van der Waals surface area contributed by atoms with E-state index in [-0.39, 0.29) is 17.9 Å². The number of hydrogen-bond acceptors (Lipinski definition) is 5. The van der Waals surface area contributed by atoms with Crippen LogP contribution in [0.5, 0.6) is 5.75 Å². The van der Waals surface area contributed by atoms with E-state index in [0.29, 0.717) is 36.4 Å². The first-order valence-corrected chi connectivity index (χ1v) is 13.2. The number of aromatic nitrogens is 1. The van der Waals surface area contributed by atoms with Crippen LogP contribution in [0.3, 0.4) is 0 Å². The fourth-order valence-corrected chi connectivity index (χ4v) is 6.14. The van der Waals surface area contributed by atoms with Gasteiger partial charge in [0.1, 0.15) is 11.6 Å². The maximum Gasteiger partial charge on any atom is 0.253 e. The van der Waals surface area contributed by atoms with Crippen molar-refractivity contribution in [3.8, 4) is 5.75 Å². The van der Waals surface area contributed by atoms with Gasteiger partial charge >= 0.3 is 0 Å². The van der Waals surface area contributed by atoms with Gasteiger partial charge in [0.15, 0.2) is 0 Å². The molecule has 2 bridgehead atoms. The molecule has 37 heavy (non-hydrogen) atoms. The highest BCUT2D eigenvalue weighted by Gasteiger charge is 2.42. The third-order valence-electron chi connectivity index (χ3n) is 7.99. The topological polar surface area (TPSA) is 83.6 Å². The van der Waals surface area contributed by atoms with Gasteiger partial charge in [-0.3, -0.25) is 9.59 Å². The van der Waals surface area contributed by atoms with Gasteiger partial charge in [-0.25, -0.2) is 4.98 Å². The molecule has 3 aliphatic heterocycles. The minimum absolute atomic E-state index is 0.0161. The molecule has 3 atom stereocenters. The van der Waals surface area contributed by atoms with Crippen LogP contribution < -0.4 is 20.3 Å². The number of nitrogens with zero attached hydrogens (tertiary/aromatic N) is 2. The van der Waals surface area contributed by atoms with Crippen molar-refractivity contribution >= 4 is 17.6 Å². The maximum absolute atomic E-state index is 13.1. The van der Waals surface area contributed by atoms with Gasteiger partial charge in [-0.05, 0) is 61.9 Å². The number of carbonyl (C=O) groups is 2. The Morgan fingerprint density at radius 3 is 2.51 bits per heavy atom. The molecule has 7 heteroatoms. The van der Waals surface area contributed by atoms with Gasteiger partial charge in [0.05, 0.1) is 12.2 Å². The molecule has 6 rings (SSSR count). The summed E-state index contributed by atoms with van der Waals surface area (Å²) in [6.07, 6.45) is 6.54. The molecule has 3 aromatic rings. The quantitative estimate of drug-likeness (QED) is 0.535. The summed E-state index contributed by atoms with van der Waals surface area (Å²) in [6.45, 7) is 3.15. The summed E-state index contributed by atoms with van der Waals surface area (Å²) in [7, 11) is 0. The smallest absolute Gasteiger partial charge is 0.253 e. The van der Waals surface area contributed by atoms with Crippen molar-refractivity contribution < 1.29 is 14.3 Å². The second-order valence-corrected chi connectivity index (χ2v) is 10.3. The molecule has 1 aromatic heterocycles. The number of anilines is 1. The van der Waals surface area contributed by atoms with E-state index < -0.39 is 0 Å². The first-order valence-electron chi connectivity index (χ1n) is 13.2. The van der Waals surface area contributed by atoms with E-state index in [1.165, 1.54) is 5.56 Å². The molecule has 0 unspecified atom stereocenters. The highest BCUT2D eigenvalue weighted by atomic mass is 16.5. The first kappa shape index (κ1) is 23.5. The zero-order valence-corrected chi connectivity index (χ0v) is 21.1. The minimum Gasteiger partial charge on any atom is -0.493 e. The van der Waals surface area contributed by atoms with Gasteiger partial charge < -0.3 is 20.3 Å². The highest BCUT2D eigenvalue weighted by molar-refractivity contribution is 5.96. The lowest BCUT2D eigenvalue weighted by Gasteiger charge is -2.40. The molecule has 2 fully saturated rings. The van der Waals surface area contributed by atoms with Crippen molar-refractivity contribution in [2.75, 3.05) is 11.5 Å². The van der Waals surface area contributed by atoms with Crippen molar-refractivity contribution in [1.29, 1.82) is 0 Å². The summed E-state index contributed by atoms with van der Waals surface area (Å²) in [6, 6.07) is 18.4. The molecular weight excluding hydrogens is 464 g/mol. The Morgan fingerprint density at radius 2 is 1.78 bits per heavy atom. The van der Waals surface area contributed by atoms with E-state index in [1.54, 1.807) is 6.20 Å². The zero-order valence-electron chi connectivity index (χ0n) is 21.1. The van der Waals surface area contributed by atoms with Crippen LogP contribution in [0.25, 0.3) is 0 Å². The number of ether oxygens (including phenoxy) is 1. The Kier molecular flexibility index (Phi) is 6.28. The lowest BCUT2D eigenvalue weighted by atomic mass is 9.96. The van der Waals surface area contributed by atoms with Crippen molar-refractivity contribution in [2.45, 2.75) is 63.7 Å². The molecule has 0 saturated carbocycles. The van der Waals surface area contributed by atoms with Crippen molar-refractivity contribution in [3.63, 3.8) is 0 Å². The second kappa shape index (κ2) is 9.88. The van der Waals surface area contributed by atoms with Crippen molar-refractivity contribution in [3.05, 3.63) is 88.6 Å². The molecule has 190 valence electrons.